The first-order valence-corrected chi connectivity index (χ1v) is 19.7. The highest BCUT2D eigenvalue weighted by Gasteiger charge is 2.25. The number of unbranched alkanes of at least 4 members (excludes halogenated alkanes) is 14. The number of aliphatic carboxylic acids is 1. The quantitative estimate of drug-likeness (QED) is 0.0228. The fraction of sp³-hybridized carbons (Fsp3) is 0.780. The van der Waals surface area contributed by atoms with Gasteiger partial charge in [0, 0.05) is 12.8 Å². The van der Waals surface area contributed by atoms with Gasteiger partial charge in [-0.1, -0.05) is 115 Å². The molecule has 0 saturated carbocycles. The molecular weight excluding hydrogens is 634 g/mol. The van der Waals surface area contributed by atoms with Crippen molar-refractivity contribution in [3.05, 3.63) is 36.5 Å². The van der Waals surface area contributed by atoms with Crippen molar-refractivity contribution >= 4 is 17.9 Å². The minimum Gasteiger partial charge on any atom is -0.477 e. The Morgan fingerprint density at radius 2 is 1.08 bits per heavy atom. The molecule has 290 valence electrons. The lowest BCUT2D eigenvalue weighted by Crippen LogP contribution is -2.40. The van der Waals surface area contributed by atoms with Gasteiger partial charge >= 0.3 is 17.9 Å². The van der Waals surface area contributed by atoms with E-state index in [9.17, 15) is 19.5 Å². The molecule has 0 aliphatic rings. The van der Waals surface area contributed by atoms with Crippen LogP contribution >= 0.6 is 0 Å². The Kier molecular flexibility index (Phi) is 32.0. The van der Waals surface area contributed by atoms with Crippen molar-refractivity contribution in [3.63, 3.8) is 0 Å². The van der Waals surface area contributed by atoms with E-state index < -0.39 is 24.3 Å². The molecular formula is C41H74NO8+. The van der Waals surface area contributed by atoms with E-state index in [0.717, 1.165) is 89.9 Å². The molecule has 0 radical (unpaired) electrons. The molecule has 0 spiro atoms. The Hall–Kier alpha value is -2.49. The van der Waals surface area contributed by atoms with Crippen LogP contribution in [0.5, 0.6) is 0 Å². The van der Waals surface area contributed by atoms with Crippen molar-refractivity contribution in [2.75, 3.05) is 47.5 Å². The molecule has 9 nitrogen and oxygen atoms in total. The summed E-state index contributed by atoms with van der Waals surface area (Å²) in [7, 11) is 5.93. The topological polar surface area (TPSA) is 108 Å². The van der Waals surface area contributed by atoms with Crippen molar-refractivity contribution in [3.8, 4) is 0 Å². The molecule has 0 fully saturated rings. The zero-order chi connectivity index (χ0) is 37.1. The number of carbonyl (C=O) groups excluding carboxylic acids is 2. The van der Waals surface area contributed by atoms with Crippen LogP contribution in [0.25, 0.3) is 0 Å². The van der Waals surface area contributed by atoms with E-state index in [-0.39, 0.29) is 38.6 Å². The van der Waals surface area contributed by atoms with Gasteiger partial charge in [0.15, 0.2) is 6.10 Å². The number of likely N-dealkylation sites (N-methyl/N-ethyl adjacent to an activating group) is 1. The molecule has 0 aromatic heterocycles. The summed E-state index contributed by atoms with van der Waals surface area (Å²) in [4.78, 5) is 36.9. The van der Waals surface area contributed by atoms with Gasteiger partial charge in [0.2, 0.25) is 0 Å². The Morgan fingerprint density at radius 1 is 0.600 bits per heavy atom. The molecule has 1 N–H and O–H groups in total. The standard InChI is InChI=1S/C41H73NO8/c1-6-8-10-12-14-16-18-19-20-22-24-26-28-30-32-39(44)50-37(36-49-41(40(45)46)47-34-33-42(3,4)5)35-48-38(43)31-29-27-25-23-21-17-15-13-11-9-7-2/h12-15,18-19,37,41H,6-11,16-17,20-36H2,1-5H3/p+1/b14-12-,15-13-,19-18-. The number of hydrogen-bond acceptors (Lipinski definition) is 7. The smallest absolute Gasteiger partial charge is 0.361 e. The summed E-state index contributed by atoms with van der Waals surface area (Å²) in [5, 5.41) is 9.58. The van der Waals surface area contributed by atoms with Crippen LogP contribution in [0.15, 0.2) is 36.5 Å². The molecule has 0 aromatic rings. The zero-order valence-electron chi connectivity index (χ0n) is 32.5. The molecule has 2 atom stereocenters. The first-order chi connectivity index (χ1) is 24.1. The molecule has 9 heteroatoms. The van der Waals surface area contributed by atoms with Gasteiger partial charge in [-0.15, -0.1) is 0 Å². The minimum absolute atomic E-state index is 0.183. The number of carboxylic acids is 1. The molecule has 2 unspecified atom stereocenters. The van der Waals surface area contributed by atoms with Gasteiger partial charge in [-0.2, -0.15) is 0 Å². The van der Waals surface area contributed by atoms with Gasteiger partial charge in [-0.05, 0) is 57.8 Å². The molecule has 0 saturated heterocycles. The molecule has 0 heterocycles. The summed E-state index contributed by atoms with van der Waals surface area (Å²) in [6.07, 6.45) is 32.0. The normalized spacial score (nSPS) is 13.4. The molecule has 0 aromatic carbocycles. The summed E-state index contributed by atoms with van der Waals surface area (Å²) < 4.78 is 22.6. The lowest BCUT2D eigenvalue weighted by atomic mass is 10.1. The number of esters is 2. The second-order valence-corrected chi connectivity index (χ2v) is 14.2. The van der Waals surface area contributed by atoms with Crippen LogP contribution < -0.4 is 0 Å². The SMILES string of the molecule is CCCC/C=C\C/C=C\CCCCCCCC(=O)OC(COC(=O)CCCCCCC/C=C\CCCC)COC(OCC[N+](C)(C)C)C(=O)O. The van der Waals surface area contributed by atoms with Crippen molar-refractivity contribution < 1.29 is 42.9 Å². The van der Waals surface area contributed by atoms with Gasteiger partial charge in [0.1, 0.15) is 13.2 Å². The highest BCUT2D eigenvalue weighted by molar-refractivity contribution is 5.71. The Bertz CT molecular complexity index is 924. The lowest BCUT2D eigenvalue weighted by Gasteiger charge is -2.25. The van der Waals surface area contributed by atoms with Gasteiger partial charge < -0.3 is 28.5 Å². The number of hydrogen-bond donors (Lipinski definition) is 1. The highest BCUT2D eigenvalue weighted by atomic mass is 16.7. The molecule has 0 aliphatic heterocycles. The van der Waals surface area contributed by atoms with Gasteiger partial charge in [-0.3, -0.25) is 9.59 Å². The van der Waals surface area contributed by atoms with E-state index in [1.165, 1.54) is 25.7 Å². The van der Waals surface area contributed by atoms with Crippen LogP contribution in [0.2, 0.25) is 0 Å². The van der Waals surface area contributed by atoms with Gasteiger partial charge in [0.25, 0.3) is 6.29 Å². The number of rotatable bonds is 35. The zero-order valence-corrected chi connectivity index (χ0v) is 32.5. The van der Waals surface area contributed by atoms with E-state index in [1.807, 2.05) is 21.1 Å². The maximum absolute atomic E-state index is 12.7. The number of carboxylic acid groups (broad SMARTS) is 1. The second-order valence-electron chi connectivity index (χ2n) is 14.2. The fourth-order valence-corrected chi connectivity index (χ4v) is 4.95. The summed E-state index contributed by atoms with van der Waals surface area (Å²) in [6.45, 7) is 4.73. The molecule has 0 rings (SSSR count). The van der Waals surface area contributed by atoms with Crippen LogP contribution in [0, 0.1) is 0 Å². The van der Waals surface area contributed by atoms with Crippen LogP contribution in [0.3, 0.4) is 0 Å². The highest BCUT2D eigenvalue weighted by Crippen LogP contribution is 2.12. The number of ether oxygens (including phenoxy) is 4. The van der Waals surface area contributed by atoms with Crippen LogP contribution in [-0.4, -0.2) is 87.4 Å². The molecule has 0 amide bonds. The predicted octanol–water partition coefficient (Wildman–Crippen LogP) is 9.49. The molecule has 0 aliphatic carbocycles. The first kappa shape index (κ1) is 47.5. The maximum Gasteiger partial charge on any atom is 0.361 e. The third kappa shape index (κ3) is 34.0. The fourth-order valence-electron chi connectivity index (χ4n) is 4.95. The Balaban J connectivity index is 4.57. The van der Waals surface area contributed by atoms with E-state index >= 15 is 0 Å². The van der Waals surface area contributed by atoms with E-state index in [0.29, 0.717) is 17.4 Å². The summed E-state index contributed by atoms with van der Waals surface area (Å²) in [5.74, 6) is -2.05. The summed E-state index contributed by atoms with van der Waals surface area (Å²) in [6, 6.07) is 0. The van der Waals surface area contributed by atoms with E-state index in [2.05, 4.69) is 50.3 Å². The van der Waals surface area contributed by atoms with Crippen molar-refractivity contribution in [2.45, 2.75) is 161 Å². The van der Waals surface area contributed by atoms with Crippen LogP contribution in [-0.2, 0) is 33.3 Å². The monoisotopic (exact) mass is 709 g/mol. The summed E-state index contributed by atoms with van der Waals surface area (Å²) >= 11 is 0. The number of nitrogens with zero attached hydrogens (tertiary/aromatic N) is 1. The first-order valence-electron chi connectivity index (χ1n) is 19.7. The number of allylic oxidation sites excluding steroid dienone is 6. The average Bonchev–Trinajstić information content (AvgIpc) is 3.06. The maximum atomic E-state index is 12.7. The van der Waals surface area contributed by atoms with Crippen LogP contribution in [0.1, 0.15) is 149 Å². The average molecular weight is 709 g/mol. The lowest BCUT2D eigenvalue weighted by molar-refractivity contribution is -0.870. The van der Waals surface area contributed by atoms with Gasteiger partial charge in [0.05, 0.1) is 34.4 Å². The largest absolute Gasteiger partial charge is 0.477 e. The van der Waals surface area contributed by atoms with Crippen LogP contribution in [0.4, 0.5) is 0 Å². The molecule has 50 heavy (non-hydrogen) atoms. The van der Waals surface area contributed by atoms with Crippen molar-refractivity contribution in [1.82, 2.24) is 0 Å². The molecule has 0 bridgehead atoms. The minimum atomic E-state index is -1.51. The predicted molar refractivity (Wildman–Crippen MR) is 203 cm³/mol. The number of quaternary nitrogens is 1. The van der Waals surface area contributed by atoms with E-state index in [1.54, 1.807) is 0 Å². The Labute approximate surface area is 305 Å². The third-order valence-electron chi connectivity index (χ3n) is 8.12. The van der Waals surface area contributed by atoms with Gasteiger partial charge in [-0.25, -0.2) is 4.79 Å². The summed E-state index contributed by atoms with van der Waals surface area (Å²) in [5.41, 5.74) is 0. The second kappa shape index (κ2) is 33.6. The Morgan fingerprint density at radius 3 is 1.60 bits per heavy atom. The van der Waals surface area contributed by atoms with E-state index in [4.69, 9.17) is 18.9 Å². The third-order valence-corrected chi connectivity index (χ3v) is 8.12. The number of carbonyl (C=O) groups is 3. The van der Waals surface area contributed by atoms with Crippen molar-refractivity contribution in [2.24, 2.45) is 0 Å². The van der Waals surface area contributed by atoms with Crippen molar-refractivity contribution in [1.29, 1.82) is 0 Å².